The Morgan fingerprint density at radius 2 is 1.75 bits per heavy atom. The van der Waals surface area contributed by atoms with Crippen molar-refractivity contribution in [3.05, 3.63) is 83.4 Å². The van der Waals surface area contributed by atoms with E-state index in [0.717, 1.165) is 45.1 Å². The normalized spacial score (nSPS) is 16.9. The van der Waals surface area contributed by atoms with Crippen LogP contribution in [0.5, 0.6) is 0 Å². The van der Waals surface area contributed by atoms with Crippen molar-refractivity contribution in [2.75, 3.05) is 18.6 Å². The van der Waals surface area contributed by atoms with E-state index >= 15 is 0 Å². The number of rotatable bonds is 8. The zero-order valence-electron chi connectivity index (χ0n) is 18.0. The maximum atomic E-state index is 13.2. The summed E-state index contributed by atoms with van der Waals surface area (Å²) in [5.74, 6) is 0.0810. The van der Waals surface area contributed by atoms with Crippen LogP contribution in [0.1, 0.15) is 29.5 Å². The number of nitrogens with one attached hydrogen (secondary N) is 3. The SMILES string of the molecule is CNc1ccc(C2(C(=O)NC3=IC(c4ccc(CNS(C)(=O)=O)cc4)=CC=C3)CC2)cc1. The van der Waals surface area contributed by atoms with E-state index in [1.807, 2.05) is 67.7 Å². The summed E-state index contributed by atoms with van der Waals surface area (Å²) in [5, 5.41) is 6.32. The number of carbonyl (C=O) groups excluding carboxylic acids is 1. The third-order valence-corrected chi connectivity index (χ3v) is 9.04. The first kappa shape index (κ1) is 22.9. The van der Waals surface area contributed by atoms with Gasteiger partial charge in [-0.05, 0) is 53.8 Å². The van der Waals surface area contributed by atoms with Gasteiger partial charge in [-0.3, -0.25) is 4.79 Å². The molecule has 1 aliphatic carbocycles. The highest BCUT2D eigenvalue weighted by Crippen LogP contribution is 2.48. The van der Waals surface area contributed by atoms with E-state index in [2.05, 4.69) is 21.4 Å². The van der Waals surface area contributed by atoms with Crippen molar-refractivity contribution in [3.63, 3.8) is 0 Å². The van der Waals surface area contributed by atoms with Crippen molar-refractivity contribution in [2.45, 2.75) is 24.8 Å². The zero-order chi connectivity index (χ0) is 22.8. The molecule has 6 nitrogen and oxygen atoms in total. The molecule has 2 aromatic carbocycles. The molecule has 1 amide bonds. The third-order valence-electron chi connectivity index (χ3n) is 5.60. The van der Waals surface area contributed by atoms with Crippen LogP contribution in [-0.4, -0.2) is 31.3 Å². The zero-order valence-corrected chi connectivity index (χ0v) is 21.0. The van der Waals surface area contributed by atoms with Gasteiger partial charge in [0.15, 0.2) is 0 Å². The molecule has 0 saturated heterocycles. The average Bonchev–Trinajstić information content (AvgIpc) is 3.60. The molecule has 2 aliphatic rings. The predicted octanol–water partition coefficient (Wildman–Crippen LogP) is 3.64. The van der Waals surface area contributed by atoms with E-state index in [1.165, 1.54) is 3.58 Å². The first-order valence-corrected chi connectivity index (χ1v) is 14.4. The van der Waals surface area contributed by atoms with Crippen LogP contribution in [0.4, 0.5) is 5.69 Å². The minimum absolute atomic E-state index is 0.0810. The van der Waals surface area contributed by atoms with Gasteiger partial charge in [-0.25, -0.2) is 13.1 Å². The predicted molar refractivity (Wildman–Crippen MR) is 139 cm³/mol. The van der Waals surface area contributed by atoms with Crippen LogP contribution in [0.15, 0.2) is 66.8 Å². The quantitative estimate of drug-likeness (QED) is 0.429. The monoisotopic (exact) mass is 563 g/mol. The van der Waals surface area contributed by atoms with E-state index in [0.29, 0.717) is 0 Å². The van der Waals surface area contributed by atoms with Crippen LogP contribution in [-0.2, 0) is 26.8 Å². The molecule has 32 heavy (non-hydrogen) atoms. The fraction of sp³-hybridized carbons (Fsp3) is 0.250. The average molecular weight is 563 g/mol. The summed E-state index contributed by atoms with van der Waals surface area (Å²) in [6, 6.07) is 16.0. The van der Waals surface area contributed by atoms with E-state index in [9.17, 15) is 13.2 Å². The van der Waals surface area contributed by atoms with Gasteiger partial charge in [0.25, 0.3) is 0 Å². The summed E-state index contributed by atoms with van der Waals surface area (Å²) in [5.41, 5.74) is 3.70. The summed E-state index contributed by atoms with van der Waals surface area (Å²) >= 11 is -0.528. The number of amides is 1. The Kier molecular flexibility index (Phi) is 6.64. The summed E-state index contributed by atoms with van der Waals surface area (Å²) < 4.78 is 27.3. The summed E-state index contributed by atoms with van der Waals surface area (Å²) in [4.78, 5) is 13.2. The Hall–Kier alpha value is -2.30. The van der Waals surface area contributed by atoms with Gasteiger partial charge in [-0.1, -0.05) is 63.2 Å². The van der Waals surface area contributed by atoms with Gasteiger partial charge >= 0.3 is 0 Å². The number of halogens is 1. The van der Waals surface area contributed by atoms with E-state index in [1.54, 1.807) is 0 Å². The molecular formula is C24H26IN3O3S. The van der Waals surface area contributed by atoms with Gasteiger partial charge in [0, 0.05) is 22.9 Å². The lowest BCUT2D eigenvalue weighted by atomic mass is 9.94. The first-order chi connectivity index (χ1) is 15.3. The molecule has 1 aliphatic heterocycles. The number of anilines is 1. The second-order valence-electron chi connectivity index (χ2n) is 7.97. The lowest BCUT2D eigenvalue weighted by Crippen LogP contribution is -2.37. The van der Waals surface area contributed by atoms with Crippen molar-refractivity contribution >= 4 is 49.6 Å². The molecule has 0 atom stereocenters. The van der Waals surface area contributed by atoms with Crippen LogP contribution in [0.3, 0.4) is 0 Å². The maximum absolute atomic E-state index is 13.2. The van der Waals surface area contributed by atoms with Crippen LogP contribution in [0.25, 0.3) is 3.58 Å². The lowest BCUT2D eigenvalue weighted by molar-refractivity contribution is -0.122. The highest BCUT2D eigenvalue weighted by molar-refractivity contribution is 14.2. The number of hydrogen-bond acceptors (Lipinski definition) is 4. The number of allylic oxidation sites excluding steroid dienone is 2. The van der Waals surface area contributed by atoms with Gasteiger partial charge in [-0.2, -0.15) is 0 Å². The molecule has 1 heterocycles. The number of hydrogen-bond donors (Lipinski definition) is 3. The molecule has 0 unspecified atom stereocenters. The first-order valence-electron chi connectivity index (χ1n) is 10.3. The minimum atomic E-state index is -3.21. The molecule has 168 valence electrons. The highest BCUT2D eigenvalue weighted by Gasteiger charge is 2.51. The molecule has 0 aromatic heterocycles. The molecule has 3 N–H and O–H groups in total. The van der Waals surface area contributed by atoms with Gasteiger partial charge in [0.2, 0.25) is 15.9 Å². The summed E-state index contributed by atoms with van der Waals surface area (Å²) in [7, 11) is -1.33. The van der Waals surface area contributed by atoms with Gasteiger partial charge in [0.1, 0.15) is 0 Å². The standard InChI is InChI=1S/C24H26IN3O3S/c1-26-20-12-10-19(11-13-20)24(14-15-24)23(29)28-22-5-3-4-21(25-22)18-8-6-17(7-9-18)16-27-32(2,30)31/h3-13,26-27H,14-16H2,1-2H3,(H,28,29). The van der Waals surface area contributed by atoms with Gasteiger partial charge in [-0.15, -0.1) is 0 Å². The number of benzene rings is 2. The van der Waals surface area contributed by atoms with Gasteiger partial charge in [0.05, 0.1) is 15.3 Å². The molecule has 0 bridgehead atoms. The van der Waals surface area contributed by atoms with Gasteiger partial charge < -0.3 is 10.6 Å². The van der Waals surface area contributed by atoms with Crippen molar-refractivity contribution < 1.29 is 13.2 Å². The number of carbonyl (C=O) groups is 1. The van der Waals surface area contributed by atoms with Crippen LogP contribution in [0.2, 0.25) is 0 Å². The lowest BCUT2D eigenvalue weighted by Gasteiger charge is -2.18. The third kappa shape index (κ3) is 5.36. The smallest absolute Gasteiger partial charge is 0.235 e. The summed E-state index contributed by atoms with van der Waals surface area (Å²) in [6.07, 6.45) is 8.97. The van der Waals surface area contributed by atoms with E-state index in [-0.39, 0.29) is 12.5 Å². The number of sulfonamides is 1. The second-order valence-corrected chi connectivity index (χ2v) is 12.7. The maximum Gasteiger partial charge on any atom is 0.235 e. The van der Waals surface area contributed by atoms with Crippen LogP contribution < -0.4 is 15.4 Å². The van der Waals surface area contributed by atoms with Crippen molar-refractivity contribution in [1.29, 1.82) is 0 Å². The molecule has 8 heteroatoms. The highest BCUT2D eigenvalue weighted by atomic mass is 127. The second kappa shape index (κ2) is 9.29. The Balaban J connectivity index is 1.44. The van der Waals surface area contributed by atoms with Crippen molar-refractivity contribution in [3.8, 4) is 0 Å². The van der Waals surface area contributed by atoms with E-state index < -0.39 is 36.2 Å². The summed E-state index contributed by atoms with van der Waals surface area (Å²) in [6.45, 7) is 0.276. The Morgan fingerprint density at radius 3 is 2.34 bits per heavy atom. The minimum Gasteiger partial charge on any atom is -0.388 e. The van der Waals surface area contributed by atoms with E-state index in [4.69, 9.17) is 0 Å². The van der Waals surface area contributed by atoms with Crippen LogP contribution in [0, 0.1) is 0 Å². The van der Waals surface area contributed by atoms with Crippen molar-refractivity contribution in [2.24, 2.45) is 0 Å². The molecular weight excluding hydrogens is 537 g/mol. The largest absolute Gasteiger partial charge is 0.388 e. The fourth-order valence-electron chi connectivity index (χ4n) is 3.56. The molecule has 4 rings (SSSR count). The molecule has 1 fully saturated rings. The molecule has 2 aromatic rings. The topological polar surface area (TPSA) is 87.3 Å². The van der Waals surface area contributed by atoms with Crippen LogP contribution >= 0.6 is 20.7 Å². The Labute approximate surface area is 199 Å². The Bertz CT molecular complexity index is 1210. The molecule has 1 saturated carbocycles. The fourth-order valence-corrected chi connectivity index (χ4v) is 6.44. The van der Waals surface area contributed by atoms with Crippen molar-refractivity contribution in [1.82, 2.24) is 10.0 Å². The Morgan fingerprint density at radius 1 is 1.06 bits per heavy atom. The molecule has 0 spiro atoms. The molecule has 0 radical (unpaired) electrons.